The lowest BCUT2D eigenvalue weighted by Gasteiger charge is -2.27. The van der Waals surface area contributed by atoms with Crippen LogP contribution < -0.4 is 14.8 Å². The predicted molar refractivity (Wildman–Crippen MR) is 76.5 cm³/mol. The van der Waals surface area contributed by atoms with Crippen LogP contribution in [-0.4, -0.2) is 31.0 Å². The molecule has 0 spiro atoms. The average molecular weight is 307 g/mol. The molecule has 1 aromatic carbocycles. The molecule has 0 saturated heterocycles. The highest BCUT2D eigenvalue weighted by atomic mass is 16.5. The molecule has 7 heteroatoms. The topological polar surface area (TPSA) is 94.1 Å². The number of benzene rings is 1. The molecule has 2 rings (SSSR count). The monoisotopic (exact) mass is 307 g/mol. The molecule has 0 aliphatic carbocycles. The standard InChI is InChI=1S/C15H17NO6/c1-8(17)16-14-12(18)13(19)15(2,22-14)11-9(20-3)6-5-7-10(11)21-4/h5-7,18H,1-4H3,(H,16,17). The SMILES string of the molecule is COc1cccc(OC)c1C1(C)OC(NC(C)=O)=C(O)C1=O. The molecule has 1 aliphatic heterocycles. The fourth-order valence-electron chi connectivity index (χ4n) is 2.36. The molecule has 1 heterocycles. The molecule has 7 nitrogen and oxygen atoms in total. The summed E-state index contributed by atoms with van der Waals surface area (Å²) in [4.78, 5) is 23.6. The summed E-state index contributed by atoms with van der Waals surface area (Å²) in [5.74, 6) is -1.36. The number of Topliss-reactive ketones (excluding diaryl/α,β-unsaturated/α-hetero) is 1. The molecule has 0 radical (unpaired) electrons. The highest BCUT2D eigenvalue weighted by Gasteiger charge is 2.51. The van der Waals surface area contributed by atoms with Gasteiger partial charge in [0.25, 0.3) is 5.78 Å². The second-order valence-corrected chi connectivity index (χ2v) is 4.86. The minimum absolute atomic E-state index is 0.284. The first-order valence-electron chi connectivity index (χ1n) is 6.51. The van der Waals surface area contributed by atoms with Crippen LogP contribution in [0.25, 0.3) is 0 Å². The van der Waals surface area contributed by atoms with Gasteiger partial charge in [0.05, 0.1) is 19.8 Å². The van der Waals surface area contributed by atoms with Gasteiger partial charge in [0.2, 0.25) is 23.2 Å². The first-order chi connectivity index (χ1) is 10.3. The Kier molecular flexibility index (Phi) is 3.99. The number of hydrogen-bond donors (Lipinski definition) is 2. The number of nitrogens with one attached hydrogen (secondary N) is 1. The third-order valence-electron chi connectivity index (χ3n) is 3.36. The summed E-state index contributed by atoms with van der Waals surface area (Å²) < 4.78 is 16.1. The van der Waals surface area contributed by atoms with Gasteiger partial charge in [-0.1, -0.05) is 6.07 Å². The zero-order chi connectivity index (χ0) is 16.5. The van der Waals surface area contributed by atoms with Crippen molar-refractivity contribution in [1.29, 1.82) is 0 Å². The summed E-state index contributed by atoms with van der Waals surface area (Å²) in [5, 5.41) is 12.2. The largest absolute Gasteiger partial charge is 0.501 e. The number of carbonyl (C=O) groups is 2. The summed E-state index contributed by atoms with van der Waals surface area (Å²) in [6.07, 6.45) is 0. The second-order valence-electron chi connectivity index (χ2n) is 4.86. The lowest BCUT2D eigenvalue weighted by Crippen LogP contribution is -2.33. The van der Waals surface area contributed by atoms with Crippen molar-refractivity contribution in [2.45, 2.75) is 19.4 Å². The zero-order valence-electron chi connectivity index (χ0n) is 12.7. The number of aliphatic hydroxyl groups excluding tert-OH is 1. The Bertz CT molecular complexity index is 644. The van der Waals surface area contributed by atoms with Gasteiger partial charge in [-0.05, 0) is 19.1 Å². The maximum absolute atomic E-state index is 12.5. The number of ether oxygens (including phenoxy) is 3. The summed E-state index contributed by atoms with van der Waals surface area (Å²) in [7, 11) is 2.89. The van der Waals surface area contributed by atoms with E-state index in [1.54, 1.807) is 18.2 Å². The van der Waals surface area contributed by atoms with Crippen molar-refractivity contribution in [2.75, 3.05) is 14.2 Å². The van der Waals surface area contributed by atoms with Crippen LogP contribution in [0.4, 0.5) is 0 Å². The van der Waals surface area contributed by atoms with Gasteiger partial charge in [0, 0.05) is 6.92 Å². The molecule has 1 atom stereocenters. The third-order valence-corrected chi connectivity index (χ3v) is 3.36. The van der Waals surface area contributed by atoms with E-state index in [0.29, 0.717) is 17.1 Å². The van der Waals surface area contributed by atoms with Gasteiger partial charge < -0.3 is 19.3 Å². The first-order valence-corrected chi connectivity index (χ1v) is 6.51. The number of amides is 1. The number of hydrogen-bond acceptors (Lipinski definition) is 6. The van der Waals surface area contributed by atoms with Gasteiger partial charge in [-0.15, -0.1) is 0 Å². The van der Waals surface area contributed by atoms with Gasteiger partial charge in [0.1, 0.15) is 11.5 Å². The number of aliphatic hydroxyl groups is 1. The molecule has 0 fully saturated rings. The maximum atomic E-state index is 12.5. The number of rotatable bonds is 4. The predicted octanol–water partition coefficient (Wildman–Crippen LogP) is 1.38. The Balaban J connectivity index is 2.55. The van der Waals surface area contributed by atoms with E-state index in [9.17, 15) is 14.7 Å². The van der Waals surface area contributed by atoms with E-state index in [2.05, 4.69) is 5.32 Å². The fourth-order valence-corrected chi connectivity index (χ4v) is 2.36. The fraction of sp³-hybridized carbons (Fsp3) is 0.333. The molecule has 0 aromatic heterocycles. The highest BCUT2D eigenvalue weighted by molar-refractivity contribution is 6.04. The quantitative estimate of drug-likeness (QED) is 0.873. The molecule has 1 unspecified atom stereocenters. The Morgan fingerprint density at radius 1 is 1.27 bits per heavy atom. The zero-order valence-corrected chi connectivity index (χ0v) is 12.7. The number of methoxy groups -OCH3 is 2. The van der Waals surface area contributed by atoms with Crippen molar-refractivity contribution in [2.24, 2.45) is 0 Å². The molecule has 22 heavy (non-hydrogen) atoms. The van der Waals surface area contributed by atoms with E-state index in [4.69, 9.17) is 14.2 Å². The minimum atomic E-state index is -1.57. The normalized spacial score (nSPS) is 20.6. The molecular formula is C15H17NO6. The van der Waals surface area contributed by atoms with Crippen LogP contribution in [0, 0.1) is 0 Å². The molecule has 2 N–H and O–H groups in total. The summed E-state index contributed by atoms with van der Waals surface area (Å²) in [6.45, 7) is 2.72. The molecular weight excluding hydrogens is 290 g/mol. The highest BCUT2D eigenvalue weighted by Crippen LogP contribution is 2.45. The summed E-state index contributed by atoms with van der Waals surface area (Å²) in [6, 6.07) is 4.99. The van der Waals surface area contributed by atoms with Crippen molar-refractivity contribution in [3.8, 4) is 11.5 Å². The molecule has 0 saturated carbocycles. The van der Waals surface area contributed by atoms with E-state index in [-0.39, 0.29) is 5.88 Å². The van der Waals surface area contributed by atoms with Gasteiger partial charge in [-0.2, -0.15) is 0 Å². The van der Waals surface area contributed by atoms with Crippen molar-refractivity contribution in [3.63, 3.8) is 0 Å². The summed E-state index contributed by atoms with van der Waals surface area (Å²) >= 11 is 0. The molecule has 1 aliphatic rings. The van der Waals surface area contributed by atoms with E-state index in [1.165, 1.54) is 28.1 Å². The molecule has 1 amide bonds. The molecule has 0 bridgehead atoms. The van der Waals surface area contributed by atoms with Crippen molar-refractivity contribution in [3.05, 3.63) is 35.4 Å². The Hall–Kier alpha value is -2.70. The lowest BCUT2D eigenvalue weighted by molar-refractivity contribution is -0.133. The maximum Gasteiger partial charge on any atom is 0.250 e. The average Bonchev–Trinajstić information content (AvgIpc) is 2.70. The summed E-state index contributed by atoms with van der Waals surface area (Å²) in [5.41, 5.74) is -1.24. The van der Waals surface area contributed by atoms with Crippen LogP contribution in [0.1, 0.15) is 19.4 Å². The van der Waals surface area contributed by atoms with Crippen LogP contribution in [0.3, 0.4) is 0 Å². The minimum Gasteiger partial charge on any atom is -0.501 e. The Morgan fingerprint density at radius 2 is 1.82 bits per heavy atom. The van der Waals surface area contributed by atoms with Crippen molar-refractivity contribution < 1.29 is 28.9 Å². The van der Waals surface area contributed by atoms with Gasteiger partial charge in [0.15, 0.2) is 0 Å². The van der Waals surface area contributed by atoms with Gasteiger partial charge in [-0.25, -0.2) is 0 Å². The van der Waals surface area contributed by atoms with E-state index < -0.39 is 23.1 Å². The van der Waals surface area contributed by atoms with Crippen LogP contribution in [-0.2, 0) is 19.9 Å². The van der Waals surface area contributed by atoms with Crippen molar-refractivity contribution >= 4 is 11.7 Å². The van der Waals surface area contributed by atoms with Crippen LogP contribution in [0.2, 0.25) is 0 Å². The smallest absolute Gasteiger partial charge is 0.250 e. The molecule has 118 valence electrons. The first kappa shape index (κ1) is 15.7. The van der Waals surface area contributed by atoms with Crippen LogP contribution in [0.15, 0.2) is 29.8 Å². The van der Waals surface area contributed by atoms with Crippen LogP contribution in [0.5, 0.6) is 11.5 Å². The Labute approximate surface area is 127 Å². The number of ketones is 1. The van der Waals surface area contributed by atoms with Crippen molar-refractivity contribution in [1.82, 2.24) is 5.32 Å². The Morgan fingerprint density at radius 3 is 2.27 bits per heavy atom. The third kappa shape index (κ3) is 2.34. The van der Waals surface area contributed by atoms with Crippen LogP contribution >= 0.6 is 0 Å². The second kappa shape index (κ2) is 5.59. The van der Waals surface area contributed by atoms with E-state index >= 15 is 0 Å². The lowest BCUT2D eigenvalue weighted by atomic mass is 9.90. The van der Waals surface area contributed by atoms with E-state index in [1.807, 2.05) is 0 Å². The van der Waals surface area contributed by atoms with Gasteiger partial charge in [-0.3, -0.25) is 14.9 Å². The molecule has 1 aromatic rings. The van der Waals surface area contributed by atoms with E-state index in [0.717, 1.165) is 0 Å². The van der Waals surface area contributed by atoms with Gasteiger partial charge >= 0.3 is 0 Å². The number of carbonyl (C=O) groups excluding carboxylic acids is 2.